The van der Waals surface area contributed by atoms with Crippen LogP contribution in [0.3, 0.4) is 0 Å². The molecule has 1 aromatic carbocycles. The van der Waals surface area contributed by atoms with Gasteiger partial charge < -0.3 is 14.2 Å². The van der Waals surface area contributed by atoms with E-state index in [0.29, 0.717) is 24.3 Å². The van der Waals surface area contributed by atoms with Crippen molar-refractivity contribution in [3.05, 3.63) is 52.8 Å². The van der Waals surface area contributed by atoms with Gasteiger partial charge in [0.25, 0.3) is 0 Å². The number of aromatic nitrogens is 1. The fourth-order valence-corrected chi connectivity index (χ4v) is 5.15. The van der Waals surface area contributed by atoms with Crippen molar-refractivity contribution in [3.8, 4) is 0 Å². The van der Waals surface area contributed by atoms with Crippen LogP contribution in [-0.4, -0.2) is 66.9 Å². The van der Waals surface area contributed by atoms with E-state index in [1.165, 1.54) is 4.31 Å². The molecule has 1 saturated heterocycles. The van der Waals surface area contributed by atoms with E-state index in [1.54, 1.807) is 53.6 Å². The molecule has 2 aromatic rings. The predicted molar refractivity (Wildman–Crippen MR) is 116 cm³/mol. The molecule has 1 aliphatic heterocycles. The number of ether oxygens (including phenoxy) is 1. The summed E-state index contributed by atoms with van der Waals surface area (Å²) in [6.07, 6.45) is 0. The van der Waals surface area contributed by atoms with Gasteiger partial charge in [-0.3, -0.25) is 4.79 Å². The number of esters is 1. The average molecular weight is 448 g/mol. The monoisotopic (exact) mass is 447 g/mol. The van der Waals surface area contributed by atoms with E-state index in [1.807, 2.05) is 13.8 Å². The summed E-state index contributed by atoms with van der Waals surface area (Å²) in [5.41, 5.74) is 2.94. The minimum Gasteiger partial charge on any atom is -0.462 e. The Hall–Kier alpha value is -2.65. The Labute approximate surface area is 183 Å². The minimum atomic E-state index is -3.57. The van der Waals surface area contributed by atoms with Crippen LogP contribution in [0.2, 0.25) is 0 Å². The number of piperazine rings is 1. The quantitative estimate of drug-likeness (QED) is 0.633. The van der Waals surface area contributed by atoms with Crippen molar-refractivity contribution >= 4 is 21.9 Å². The molecule has 0 saturated carbocycles. The number of sulfonamides is 1. The molecule has 0 N–H and O–H groups in total. The zero-order valence-corrected chi connectivity index (χ0v) is 19.2. The Bertz CT molecular complexity index is 1070. The van der Waals surface area contributed by atoms with Crippen molar-refractivity contribution < 1.29 is 22.7 Å². The molecule has 1 aliphatic rings. The van der Waals surface area contributed by atoms with E-state index < -0.39 is 16.0 Å². The molecule has 9 heteroatoms. The number of carbonyl (C=O) groups is 2. The van der Waals surface area contributed by atoms with E-state index in [9.17, 15) is 18.0 Å². The molecule has 1 fully saturated rings. The number of carbonyl (C=O) groups excluding carboxylic acids is 2. The van der Waals surface area contributed by atoms with Gasteiger partial charge in [-0.15, -0.1) is 0 Å². The van der Waals surface area contributed by atoms with Crippen molar-refractivity contribution in [2.24, 2.45) is 0 Å². The maximum absolute atomic E-state index is 12.9. The fraction of sp³-hybridized carbons (Fsp3) is 0.455. The van der Waals surface area contributed by atoms with Gasteiger partial charge in [-0.1, -0.05) is 17.7 Å². The van der Waals surface area contributed by atoms with Gasteiger partial charge >= 0.3 is 5.97 Å². The van der Waals surface area contributed by atoms with Crippen molar-refractivity contribution in [2.45, 2.75) is 39.1 Å². The number of hydrogen-bond donors (Lipinski definition) is 0. The maximum Gasteiger partial charge on any atom is 0.339 e. The fourth-order valence-electron chi connectivity index (χ4n) is 3.73. The van der Waals surface area contributed by atoms with Gasteiger partial charge in [-0.05, 0) is 45.9 Å². The molecule has 0 aliphatic carbocycles. The minimum absolute atomic E-state index is 0.0990. The smallest absolute Gasteiger partial charge is 0.339 e. The van der Waals surface area contributed by atoms with Gasteiger partial charge in [0.1, 0.15) is 6.54 Å². The highest BCUT2D eigenvalue weighted by Crippen LogP contribution is 2.20. The Morgan fingerprint density at radius 3 is 2.19 bits per heavy atom. The van der Waals surface area contributed by atoms with Gasteiger partial charge in [0.05, 0.1) is 17.1 Å². The average Bonchev–Trinajstić information content (AvgIpc) is 3.02. The lowest BCUT2D eigenvalue weighted by Crippen LogP contribution is -2.51. The summed E-state index contributed by atoms with van der Waals surface area (Å²) in [7, 11) is -3.57. The molecular weight excluding hydrogens is 418 g/mol. The first-order chi connectivity index (χ1) is 14.6. The molecule has 1 aromatic heterocycles. The first-order valence-corrected chi connectivity index (χ1v) is 11.8. The van der Waals surface area contributed by atoms with Crippen molar-refractivity contribution in [1.82, 2.24) is 13.8 Å². The summed E-state index contributed by atoms with van der Waals surface area (Å²) in [5.74, 6) is -0.506. The van der Waals surface area contributed by atoms with Gasteiger partial charge in [0, 0.05) is 37.6 Å². The Kier molecular flexibility index (Phi) is 6.86. The van der Waals surface area contributed by atoms with Gasteiger partial charge in [0.2, 0.25) is 15.9 Å². The molecule has 0 bridgehead atoms. The second kappa shape index (κ2) is 9.23. The third-order valence-corrected chi connectivity index (χ3v) is 7.53. The lowest BCUT2D eigenvalue weighted by molar-refractivity contribution is -0.133. The molecule has 2 heterocycles. The molecular formula is C22H29N3O5S. The first-order valence-electron chi connectivity index (χ1n) is 10.3. The van der Waals surface area contributed by atoms with E-state index in [2.05, 4.69) is 0 Å². The summed E-state index contributed by atoms with van der Waals surface area (Å²) in [4.78, 5) is 26.9. The number of benzene rings is 1. The normalized spacial score (nSPS) is 15.2. The summed E-state index contributed by atoms with van der Waals surface area (Å²) in [6.45, 7) is 8.83. The molecule has 3 rings (SSSR count). The zero-order valence-electron chi connectivity index (χ0n) is 18.4. The summed E-state index contributed by atoms with van der Waals surface area (Å²) >= 11 is 0. The van der Waals surface area contributed by atoms with Crippen LogP contribution in [-0.2, 0) is 26.1 Å². The van der Waals surface area contributed by atoms with E-state index in [4.69, 9.17) is 4.74 Å². The third-order valence-electron chi connectivity index (χ3n) is 5.61. The van der Waals surface area contributed by atoms with Crippen molar-refractivity contribution in [1.29, 1.82) is 0 Å². The molecule has 0 radical (unpaired) electrons. The van der Waals surface area contributed by atoms with Crippen LogP contribution in [0.4, 0.5) is 0 Å². The van der Waals surface area contributed by atoms with Crippen LogP contribution < -0.4 is 0 Å². The summed E-state index contributed by atoms with van der Waals surface area (Å²) in [6, 6.07) is 8.51. The molecule has 0 unspecified atom stereocenters. The summed E-state index contributed by atoms with van der Waals surface area (Å²) in [5, 5.41) is 0. The lowest BCUT2D eigenvalue weighted by Gasteiger charge is -2.34. The Balaban J connectivity index is 1.65. The van der Waals surface area contributed by atoms with Crippen LogP contribution in [0.25, 0.3) is 0 Å². The predicted octanol–water partition coefficient (Wildman–Crippen LogP) is 2.12. The van der Waals surface area contributed by atoms with Crippen LogP contribution in [0.1, 0.15) is 34.2 Å². The van der Waals surface area contributed by atoms with Gasteiger partial charge in [0.15, 0.2) is 0 Å². The molecule has 0 atom stereocenters. The molecule has 168 valence electrons. The number of aryl methyl sites for hydroxylation is 2. The number of hydrogen-bond acceptors (Lipinski definition) is 5. The maximum atomic E-state index is 12.9. The molecule has 1 amide bonds. The van der Waals surface area contributed by atoms with Gasteiger partial charge in [-0.25, -0.2) is 13.2 Å². The largest absolute Gasteiger partial charge is 0.462 e. The van der Waals surface area contributed by atoms with E-state index in [0.717, 1.165) is 11.3 Å². The van der Waals surface area contributed by atoms with Crippen molar-refractivity contribution in [3.63, 3.8) is 0 Å². The van der Waals surface area contributed by atoms with E-state index >= 15 is 0 Å². The molecule has 31 heavy (non-hydrogen) atoms. The van der Waals surface area contributed by atoms with E-state index in [-0.39, 0.29) is 37.0 Å². The number of nitrogens with zero attached hydrogens (tertiary/aromatic N) is 3. The zero-order chi connectivity index (χ0) is 22.8. The van der Waals surface area contributed by atoms with Crippen LogP contribution >= 0.6 is 0 Å². The highest BCUT2D eigenvalue weighted by Gasteiger charge is 2.30. The lowest BCUT2D eigenvalue weighted by atomic mass is 10.2. The first kappa shape index (κ1) is 23.0. The molecule has 8 nitrogen and oxygen atoms in total. The summed E-state index contributed by atoms with van der Waals surface area (Å²) < 4.78 is 34.0. The highest BCUT2D eigenvalue weighted by atomic mass is 32.2. The third kappa shape index (κ3) is 4.83. The standard InChI is InChI=1S/C22H29N3O5S/c1-5-30-22(27)20-14-17(3)25(18(20)4)15-21(26)23-10-12-24(13-11-23)31(28,29)19-8-6-16(2)7-9-19/h6-9,14H,5,10-13,15H2,1-4H3. The number of rotatable bonds is 6. The highest BCUT2D eigenvalue weighted by molar-refractivity contribution is 7.89. The second-order valence-corrected chi connectivity index (χ2v) is 9.63. The Morgan fingerprint density at radius 1 is 1.00 bits per heavy atom. The number of amides is 1. The van der Waals surface area contributed by atoms with Crippen LogP contribution in [0.5, 0.6) is 0 Å². The van der Waals surface area contributed by atoms with Crippen LogP contribution in [0, 0.1) is 20.8 Å². The van der Waals surface area contributed by atoms with Gasteiger partial charge in [-0.2, -0.15) is 4.31 Å². The molecule has 0 spiro atoms. The Morgan fingerprint density at radius 2 is 1.61 bits per heavy atom. The topological polar surface area (TPSA) is 88.9 Å². The SMILES string of the molecule is CCOC(=O)c1cc(C)n(CC(=O)N2CCN(S(=O)(=O)c3ccc(C)cc3)CC2)c1C. The van der Waals surface area contributed by atoms with Crippen molar-refractivity contribution in [2.75, 3.05) is 32.8 Å². The second-order valence-electron chi connectivity index (χ2n) is 7.69. The van der Waals surface area contributed by atoms with Crippen LogP contribution in [0.15, 0.2) is 35.2 Å².